The molecule has 98 valence electrons. The normalized spacial score (nSPS) is 10.6. The maximum atomic E-state index is 5.88. The summed E-state index contributed by atoms with van der Waals surface area (Å²) in [6.45, 7) is 3.02. The second kappa shape index (κ2) is 4.94. The molecule has 4 heteroatoms. The van der Waals surface area contributed by atoms with Crippen LogP contribution in [0.4, 0.5) is 11.4 Å². The number of aromatic nitrogens is 1. The Bertz CT molecular complexity index is 693. The number of halogens is 1. The minimum atomic E-state index is 0. The van der Waals surface area contributed by atoms with Crippen LogP contribution in [0.15, 0.2) is 42.5 Å². The third kappa shape index (κ3) is 2.17. The quantitative estimate of drug-likeness (QED) is 0.356. The summed E-state index contributed by atoms with van der Waals surface area (Å²) in [7, 11) is 0. The van der Waals surface area contributed by atoms with Gasteiger partial charge in [-0.3, -0.25) is 0 Å². The van der Waals surface area contributed by atoms with Crippen LogP contribution in [0.2, 0.25) is 0 Å². The van der Waals surface area contributed by atoms with Gasteiger partial charge in [0, 0.05) is 34.3 Å². The van der Waals surface area contributed by atoms with Crippen LogP contribution < -0.4 is 28.4 Å². The standard InChI is InChI=1S/C15H15N3.ClH/c1-2-18-14-8-12(16)5-3-10(14)7-11-4-6-13(17)9-15(11)18;/h3-9H,2H2,1H3,(H3,16,17);1H. The second-order valence-electron chi connectivity index (χ2n) is 4.53. The number of nitrogen functional groups attached to an aromatic ring is 2. The van der Waals surface area contributed by atoms with Gasteiger partial charge in [-0.15, -0.1) is 0 Å². The third-order valence-corrected chi connectivity index (χ3v) is 3.32. The molecule has 0 radical (unpaired) electrons. The molecule has 3 rings (SSSR count). The summed E-state index contributed by atoms with van der Waals surface area (Å²) < 4.78 is 2.25. The maximum absolute atomic E-state index is 5.88. The van der Waals surface area contributed by atoms with Gasteiger partial charge in [0.25, 0.3) is 0 Å². The van der Waals surface area contributed by atoms with Crippen molar-refractivity contribution in [3.63, 3.8) is 0 Å². The Morgan fingerprint density at radius 3 is 1.74 bits per heavy atom. The van der Waals surface area contributed by atoms with Crippen molar-refractivity contribution >= 4 is 33.2 Å². The van der Waals surface area contributed by atoms with Crippen LogP contribution in [0.1, 0.15) is 6.92 Å². The van der Waals surface area contributed by atoms with Crippen molar-refractivity contribution in [3.8, 4) is 0 Å². The number of rotatable bonds is 1. The average molecular weight is 274 g/mol. The molecule has 0 fully saturated rings. The Hall–Kier alpha value is -2.00. The summed E-state index contributed by atoms with van der Waals surface area (Å²) in [5.41, 5.74) is 15.6. The lowest BCUT2D eigenvalue weighted by atomic mass is 10.1. The summed E-state index contributed by atoms with van der Waals surface area (Å²) in [6, 6.07) is 14.2. The minimum absolute atomic E-state index is 0. The maximum Gasteiger partial charge on any atom is 0.215 e. The summed E-state index contributed by atoms with van der Waals surface area (Å²) in [6.07, 6.45) is 0. The molecule has 0 unspecified atom stereocenters. The van der Waals surface area contributed by atoms with Crippen molar-refractivity contribution in [1.82, 2.24) is 0 Å². The molecule has 3 aromatic rings. The molecule has 1 heterocycles. The molecule has 0 bridgehead atoms. The van der Waals surface area contributed by atoms with Gasteiger partial charge in [0.2, 0.25) is 11.0 Å². The number of hydrogen-bond acceptors (Lipinski definition) is 2. The molecular formula is C15H16ClN3. The Morgan fingerprint density at radius 1 is 0.842 bits per heavy atom. The first kappa shape index (κ1) is 13.4. The van der Waals surface area contributed by atoms with E-state index in [-0.39, 0.29) is 12.4 Å². The molecule has 0 aliphatic rings. The number of anilines is 2. The van der Waals surface area contributed by atoms with Crippen molar-refractivity contribution in [3.05, 3.63) is 42.5 Å². The van der Waals surface area contributed by atoms with Crippen LogP contribution in [-0.4, -0.2) is 0 Å². The van der Waals surface area contributed by atoms with Crippen molar-refractivity contribution < 1.29 is 17.0 Å². The van der Waals surface area contributed by atoms with E-state index in [4.69, 9.17) is 11.5 Å². The van der Waals surface area contributed by atoms with Gasteiger partial charge in [0.1, 0.15) is 6.54 Å². The van der Waals surface area contributed by atoms with Crippen molar-refractivity contribution in [2.45, 2.75) is 13.5 Å². The summed E-state index contributed by atoms with van der Waals surface area (Å²) in [4.78, 5) is 0. The summed E-state index contributed by atoms with van der Waals surface area (Å²) in [5, 5.41) is 2.40. The Labute approximate surface area is 118 Å². The number of fused-ring (bicyclic) bond motifs is 2. The summed E-state index contributed by atoms with van der Waals surface area (Å²) >= 11 is 0. The first-order chi connectivity index (χ1) is 8.69. The molecule has 1 aromatic heterocycles. The van der Waals surface area contributed by atoms with Crippen LogP contribution in [-0.2, 0) is 6.54 Å². The monoisotopic (exact) mass is 273 g/mol. The first-order valence-electron chi connectivity index (χ1n) is 6.10. The lowest BCUT2D eigenvalue weighted by molar-refractivity contribution is -0.641. The van der Waals surface area contributed by atoms with E-state index in [1.54, 1.807) is 0 Å². The van der Waals surface area contributed by atoms with Gasteiger partial charge in [0.15, 0.2) is 0 Å². The molecule has 0 aliphatic carbocycles. The number of aryl methyl sites for hydroxylation is 1. The molecule has 2 aromatic carbocycles. The minimum Gasteiger partial charge on any atom is -1.00 e. The second-order valence-corrected chi connectivity index (χ2v) is 4.53. The fraction of sp³-hybridized carbons (Fsp3) is 0.133. The van der Waals surface area contributed by atoms with Crippen molar-refractivity contribution in [2.24, 2.45) is 0 Å². The molecule has 0 saturated heterocycles. The van der Waals surface area contributed by atoms with Gasteiger partial charge in [-0.05, 0) is 37.3 Å². The largest absolute Gasteiger partial charge is 1.00 e. The lowest BCUT2D eigenvalue weighted by Crippen LogP contribution is -3.00. The van der Waals surface area contributed by atoms with Crippen LogP contribution >= 0.6 is 0 Å². The van der Waals surface area contributed by atoms with E-state index in [1.807, 2.05) is 24.3 Å². The molecular weight excluding hydrogens is 258 g/mol. The SMILES string of the molecule is CC[n+]1c2cc(N)ccc2cc2ccc(N)cc21.[Cl-]. The molecule has 0 saturated carbocycles. The number of pyridine rings is 1. The zero-order valence-electron chi connectivity index (χ0n) is 10.7. The highest BCUT2D eigenvalue weighted by Crippen LogP contribution is 2.21. The smallest absolute Gasteiger partial charge is 0.215 e. The zero-order valence-corrected chi connectivity index (χ0v) is 11.5. The topological polar surface area (TPSA) is 55.9 Å². The fourth-order valence-corrected chi connectivity index (χ4v) is 2.47. The van der Waals surface area contributed by atoms with Crippen LogP contribution in [0, 0.1) is 0 Å². The van der Waals surface area contributed by atoms with Crippen molar-refractivity contribution in [1.29, 1.82) is 0 Å². The van der Waals surface area contributed by atoms with E-state index in [9.17, 15) is 0 Å². The van der Waals surface area contributed by atoms with Gasteiger partial charge < -0.3 is 23.9 Å². The highest BCUT2D eigenvalue weighted by atomic mass is 35.5. The Kier molecular flexibility index (Phi) is 3.49. The van der Waals surface area contributed by atoms with E-state index in [2.05, 4.69) is 29.7 Å². The van der Waals surface area contributed by atoms with Gasteiger partial charge in [0.05, 0.1) is 0 Å². The van der Waals surface area contributed by atoms with Crippen LogP contribution in [0.3, 0.4) is 0 Å². The molecule has 0 amide bonds. The number of nitrogens with two attached hydrogens (primary N) is 2. The van der Waals surface area contributed by atoms with Gasteiger partial charge in [-0.1, -0.05) is 0 Å². The van der Waals surface area contributed by atoms with Gasteiger partial charge >= 0.3 is 0 Å². The molecule has 0 spiro atoms. The predicted octanol–water partition coefficient (Wildman–Crippen LogP) is -0.531. The number of benzene rings is 2. The molecule has 19 heavy (non-hydrogen) atoms. The zero-order chi connectivity index (χ0) is 12.7. The molecule has 0 aliphatic heterocycles. The molecule has 4 N–H and O–H groups in total. The number of hydrogen-bond donors (Lipinski definition) is 2. The molecule has 3 nitrogen and oxygen atoms in total. The van der Waals surface area contributed by atoms with E-state index in [1.165, 1.54) is 10.8 Å². The van der Waals surface area contributed by atoms with Gasteiger partial charge in [-0.2, -0.15) is 4.57 Å². The van der Waals surface area contributed by atoms with Crippen LogP contribution in [0.25, 0.3) is 21.8 Å². The predicted molar refractivity (Wildman–Crippen MR) is 76.1 cm³/mol. The van der Waals surface area contributed by atoms with Crippen LogP contribution in [0.5, 0.6) is 0 Å². The Morgan fingerprint density at radius 2 is 1.32 bits per heavy atom. The fourth-order valence-electron chi connectivity index (χ4n) is 2.47. The first-order valence-corrected chi connectivity index (χ1v) is 6.10. The lowest BCUT2D eigenvalue weighted by Gasteiger charge is -2.05. The Balaban J connectivity index is 0.00000133. The summed E-state index contributed by atoms with van der Waals surface area (Å²) in [5.74, 6) is 0. The highest BCUT2D eigenvalue weighted by Gasteiger charge is 2.13. The van der Waals surface area contributed by atoms with E-state index in [0.717, 1.165) is 29.0 Å². The van der Waals surface area contributed by atoms with E-state index in [0.29, 0.717) is 0 Å². The third-order valence-electron chi connectivity index (χ3n) is 3.32. The van der Waals surface area contributed by atoms with Crippen molar-refractivity contribution in [2.75, 3.05) is 11.5 Å². The highest BCUT2D eigenvalue weighted by molar-refractivity contribution is 5.91. The van der Waals surface area contributed by atoms with E-state index < -0.39 is 0 Å². The molecule has 0 atom stereocenters. The van der Waals surface area contributed by atoms with E-state index >= 15 is 0 Å². The van der Waals surface area contributed by atoms with Gasteiger partial charge in [-0.25, -0.2) is 0 Å². The average Bonchev–Trinajstić information content (AvgIpc) is 2.36. The number of nitrogens with zero attached hydrogens (tertiary/aromatic N) is 1.